The summed E-state index contributed by atoms with van der Waals surface area (Å²) < 4.78 is 1.88. The van der Waals surface area contributed by atoms with Crippen LogP contribution in [-0.2, 0) is 0 Å². The van der Waals surface area contributed by atoms with Gasteiger partial charge in [-0.2, -0.15) is 0 Å². The van der Waals surface area contributed by atoms with Crippen LogP contribution in [0.4, 0.5) is 0 Å². The van der Waals surface area contributed by atoms with Gasteiger partial charge in [-0.3, -0.25) is 4.79 Å². The molecule has 1 amide bonds. The molecule has 0 unspecified atom stereocenters. The second-order valence-electron chi connectivity index (χ2n) is 2.21. The van der Waals surface area contributed by atoms with Crippen LogP contribution in [-0.4, -0.2) is 10.3 Å². The Labute approximate surface area is 67.1 Å². The third kappa shape index (κ3) is 0.832. The highest BCUT2D eigenvalue weighted by Crippen LogP contribution is 2.17. The van der Waals surface area contributed by atoms with E-state index in [1.807, 2.05) is 22.2 Å². The Morgan fingerprint density at radius 1 is 1.55 bits per heavy atom. The number of rotatable bonds is 1. The Bertz CT molecular complexity index is 401. The number of nitrogens with zero attached hydrogens (tertiary/aromatic N) is 1. The molecule has 2 aromatic rings. The maximum absolute atomic E-state index is 10.8. The highest BCUT2D eigenvalue weighted by atomic mass is 32.1. The molecule has 0 bridgehead atoms. The van der Waals surface area contributed by atoms with Gasteiger partial charge in [-0.05, 0) is 6.07 Å². The van der Waals surface area contributed by atoms with Crippen LogP contribution in [0.15, 0.2) is 23.8 Å². The molecule has 56 valence electrons. The topological polar surface area (TPSA) is 47.5 Å². The Hall–Kier alpha value is -1.29. The molecule has 0 aliphatic carbocycles. The van der Waals surface area contributed by atoms with Crippen LogP contribution in [0.5, 0.6) is 0 Å². The highest BCUT2D eigenvalue weighted by molar-refractivity contribution is 7.16. The zero-order valence-electron chi connectivity index (χ0n) is 5.65. The fraction of sp³-hybridized carbons (Fsp3) is 0. The highest BCUT2D eigenvalue weighted by Gasteiger charge is 2.07. The second-order valence-corrected chi connectivity index (χ2v) is 3.10. The molecule has 2 heterocycles. The summed E-state index contributed by atoms with van der Waals surface area (Å²) in [6, 6.07) is 1.73. The quantitative estimate of drug-likeness (QED) is 0.677. The van der Waals surface area contributed by atoms with Crippen LogP contribution < -0.4 is 5.73 Å². The van der Waals surface area contributed by atoms with Gasteiger partial charge in [0.2, 0.25) is 0 Å². The summed E-state index contributed by atoms with van der Waals surface area (Å²) in [4.78, 5) is 11.7. The summed E-state index contributed by atoms with van der Waals surface area (Å²) >= 11 is 1.51. The lowest BCUT2D eigenvalue weighted by atomic mass is 10.3. The maximum Gasteiger partial charge on any atom is 0.251 e. The molecule has 0 radical (unpaired) electrons. The first-order chi connectivity index (χ1) is 5.29. The molecule has 0 spiro atoms. The Morgan fingerprint density at radius 3 is 3.09 bits per heavy atom. The molecular formula is C7H6N2OS. The van der Waals surface area contributed by atoms with Crippen LogP contribution >= 0.6 is 11.3 Å². The Morgan fingerprint density at radius 2 is 2.36 bits per heavy atom. The molecule has 0 fully saturated rings. The molecule has 4 heteroatoms. The second kappa shape index (κ2) is 2.10. The van der Waals surface area contributed by atoms with E-state index in [0.29, 0.717) is 5.56 Å². The van der Waals surface area contributed by atoms with Crippen LogP contribution in [0.2, 0.25) is 0 Å². The molecule has 0 aliphatic rings. The van der Waals surface area contributed by atoms with E-state index < -0.39 is 0 Å². The lowest BCUT2D eigenvalue weighted by Gasteiger charge is -1.85. The van der Waals surface area contributed by atoms with Crippen molar-refractivity contribution >= 4 is 22.1 Å². The van der Waals surface area contributed by atoms with E-state index in [-0.39, 0.29) is 5.91 Å². The minimum Gasteiger partial charge on any atom is -0.366 e. The first-order valence-electron chi connectivity index (χ1n) is 3.13. The van der Waals surface area contributed by atoms with Gasteiger partial charge in [0.1, 0.15) is 4.83 Å². The number of aromatic nitrogens is 1. The Kier molecular flexibility index (Phi) is 1.22. The summed E-state index contributed by atoms with van der Waals surface area (Å²) in [6.45, 7) is 0. The van der Waals surface area contributed by atoms with Crippen LogP contribution in [0.3, 0.4) is 0 Å². The number of hydrogen-bond acceptors (Lipinski definition) is 2. The number of nitrogens with two attached hydrogens (primary N) is 1. The van der Waals surface area contributed by atoms with E-state index in [0.717, 1.165) is 4.83 Å². The van der Waals surface area contributed by atoms with E-state index in [9.17, 15) is 4.79 Å². The zero-order valence-corrected chi connectivity index (χ0v) is 6.47. The molecule has 0 aromatic carbocycles. The first-order valence-corrected chi connectivity index (χ1v) is 4.01. The molecule has 0 saturated heterocycles. The fourth-order valence-electron chi connectivity index (χ4n) is 1.02. The third-order valence-corrected chi connectivity index (χ3v) is 2.45. The summed E-state index contributed by atoms with van der Waals surface area (Å²) in [5.41, 5.74) is 5.74. The predicted molar refractivity (Wildman–Crippen MR) is 43.8 cm³/mol. The lowest BCUT2D eigenvalue weighted by Crippen LogP contribution is -2.09. The molecule has 0 aliphatic heterocycles. The van der Waals surface area contributed by atoms with Crippen LogP contribution in [0, 0.1) is 0 Å². The minimum atomic E-state index is -0.366. The molecule has 3 nitrogen and oxygen atoms in total. The molecule has 2 N–H and O–H groups in total. The molecule has 2 aromatic heterocycles. The minimum absolute atomic E-state index is 0.366. The van der Waals surface area contributed by atoms with Crippen molar-refractivity contribution in [2.24, 2.45) is 5.73 Å². The lowest BCUT2D eigenvalue weighted by molar-refractivity contribution is 0.100. The van der Waals surface area contributed by atoms with Gasteiger partial charge in [-0.25, -0.2) is 0 Å². The van der Waals surface area contributed by atoms with E-state index in [2.05, 4.69) is 0 Å². The van der Waals surface area contributed by atoms with Crippen molar-refractivity contribution in [2.75, 3.05) is 0 Å². The molecule has 0 atom stereocenters. The summed E-state index contributed by atoms with van der Waals surface area (Å²) in [7, 11) is 0. The van der Waals surface area contributed by atoms with E-state index >= 15 is 0 Å². The fourth-order valence-corrected chi connectivity index (χ4v) is 1.88. The first kappa shape index (κ1) is 6.42. The Balaban J connectivity index is 2.78. The van der Waals surface area contributed by atoms with Crippen molar-refractivity contribution in [2.45, 2.75) is 0 Å². The number of carbonyl (C=O) groups excluding carboxylic acids is 1. The average Bonchev–Trinajstić information content (AvgIpc) is 2.41. The van der Waals surface area contributed by atoms with E-state index in [1.165, 1.54) is 11.3 Å². The van der Waals surface area contributed by atoms with Gasteiger partial charge in [-0.15, -0.1) is 11.3 Å². The smallest absolute Gasteiger partial charge is 0.251 e. The van der Waals surface area contributed by atoms with Gasteiger partial charge >= 0.3 is 0 Å². The van der Waals surface area contributed by atoms with Crippen molar-refractivity contribution in [1.29, 1.82) is 0 Å². The zero-order chi connectivity index (χ0) is 7.84. The normalized spacial score (nSPS) is 10.5. The maximum atomic E-state index is 10.8. The van der Waals surface area contributed by atoms with Crippen molar-refractivity contribution in [1.82, 2.24) is 4.40 Å². The standard InChI is InChI=1S/C7H6N2OS/c8-6(10)5-1-2-9-3-4-11-7(5)9/h1-4H,(H2,8,10). The average molecular weight is 166 g/mol. The number of thiazole rings is 1. The third-order valence-electron chi connectivity index (χ3n) is 1.53. The van der Waals surface area contributed by atoms with Crippen molar-refractivity contribution < 1.29 is 4.79 Å². The summed E-state index contributed by atoms with van der Waals surface area (Å²) in [5, 5.41) is 1.92. The molecule has 2 rings (SSSR count). The largest absolute Gasteiger partial charge is 0.366 e. The molecule has 11 heavy (non-hydrogen) atoms. The number of amides is 1. The van der Waals surface area contributed by atoms with Gasteiger partial charge < -0.3 is 10.1 Å². The van der Waals surface area contributed by atoms with Gasteiger partial charge in [-0.1, -0.05) is 0 Å². The SMILES string of the molecule is NC(=O)c1ccn2ccsc12. The van der Waals surface area contributed by atoms with Crippen molar-refractivity contribution in [3.8, 4) is 0 Å². The van der Waals surface area contributed by atoms with E-state index in [4.69, 9.17) is 5.73 Å². The number of carbonyl (C=O) groups is 1. The van der Waals surface area contributed by atoms with Gasteiger partial charge in [0.15, 0.2) is 0 Å². The predicted octanol–water partition coefficient (Wildman–Crippen LogP) is 1.10. The number of hydrogen-bond donors (Lipinski definition) is 1. The van der Waals surface area contributed by atoms with Gasteiger partial charge in [0, 0.05) is 17.8 Å². The van der Waals surface area contributed by atoms with Crippen LogP contribution in [0.25, 0.3) is 4.83 Å². The van der Waals surface area contributed by atoms with Crippen molar-refractivity contribution in [3.63, 3.8) is 0 Å². The number of fused-ring (bicyclic) bond motifs is 1. The monoisotopic (exact) mass is 166 g/mol. The van der Waals surface area contributed by atoms with Crippen molar-refractivity contribution in [3.05, 3.63) is 29.4 Å². The van der Waals surface area contributed by atoms with E-state index in [1.54, 1.807) is 6.07 Å². The number of primary amides is 1. The van der Waals surface area contributed by atoms with Gasteiger partial charge in [0.05, 0.1) is 5.56 Å². The summed E-state index contributed by atoms with van der Waals surface area (Å²) in [5.74, 6) is -0.366. The molecular weight excluding hydrogens is 160 g/mol. The van der Waals surface area contributed by atoms with Gasteiger partial charge in [0.25, 0.3) is 5.91 Å². The molecule has 0 saturated carbocycles. The summed E-state index contributed by atoms with van der Waals surface area (Å²) in [6.07, 6.45) is 3.72. The van der Waals surface area contributed by atoms with Crippen LogP contribution in [0.1, 0.15) is 10.4 Å².